The highest BCUT2D eigenvalue weighted by molar-refractivity contribution is 7.80. The second-order valence-electron chi connectivity index (χ2n) is 5.22. The van der Waals surface area contributed by atoms with Gasteiger partial charge in [0.05, 0.1) is 19.4 Å². The summed E-state index contributed by atoms with van der Waals surface area (Å²) in [6.07, 6.45) is 3.40. The monoisotopic (exact) mass is 348 g/mol. The van der Waals surface area contributed by atoms with Crippen molar-refractivity contribution in [3.8, 4) is 5.75 Å². The summed E-state index contributed by atoms with van der Waals surface area (Å²) in [6, 6.07) is 7.67. The van der Waals surface area contributed by atoms with Crippen LogP contribution in [0, 0.1) is 0 Å². The maximum absolute atomic E-state index is 5.57. The molecule has 1 aliphatic heterocycles. The van der Waals surface area contributed by atoms with Gasteiger partial charge in [0.15, 0.2) is 5.11 Å². The molecule has 0 atom stereocenters. The Bertz CT molecular complexity index is 559. The normalized spacial score (nSPS) is 15.2. The van der Waals surface area contributed by atoms with E-state index in [1.807, 2.05) is 24.3 Å². The Morgan fingerprint density at radius 2 is 2.17 bits per heavy atom. The van der Waals surface area contributed by atoms with E-state index in [9.17, 15) is 0 Å². The minimum Gasteiger partial charge on any atom is -0.489 e. The van der Waals surface area contributed by atoms with E-state index in [0.29, 0.717) is 11.7 Å². The number of nitrogens with zero attached hydrogens (tertiary/aromatic N) is 2. The second kappa shape index (κ2) is 10.7. The molecule has 6 nitrogen and oxygen atoms in total. The summed E-state index contributed by atoms with van der Waals surface area (Å²) >= 11 is 5.22. The van der Waals surface area contributed by atoms with Crippen LogP contribution in [0.4, 0.5) is 0 Å². The van der Waals surface area contributed by atoms with Crippen LogP contribution in [0.2, 0.25) is 0 Å². The van der Waals surface area contributed by atoms with Gasteiger partial charge in [-0.2, -0.15) is 5.10 Å². The van der Waals surface area contributed by atoms with Crippen molar-refractivity contribution in [2.24, 2.45) is 5.10 Å². The SMILES string of the molecule is C=CCOc1ccccc1/C=N\NC(=S)NCCN1CCOCC1. The lowest BCUT2D eigenvalue weighted by Crippen LogP contribution is -2.42. The van der Waals surface area contributed by atoms with Gasteiger partial charge in [-0.05, 0) is 24.4 Å². The molecule has 1 aliphatic rings. The molecule has 1 saturated heterocycles. The van der Waals surface area contributed by atoms with Crippen LogP contribution < -0.4 is 15.5 Å². The lowest BCUT2D eigenvalue weighted by molar-refractivity contribution is 0.0389. The zero-order chi connectivity index (χ0) is 17.0. The van der Waals surface area contributed by atoms with Gasteiger partial charge in [0.25, 0.3) is 0 Å². The molecule has 0 amide bonds. The van der Waals surface area contributed by atoms with Crippen LogP contribution in [0.25, 0.3) is 0 Å². The molecular formula is C17H24N4O2S. The first-order chi connectivity index (χ1) is 11.8. The molecule has 1 fully saturated rings. The molecular weight excluding hydrogens is 324 g/mol. The average Bonchev–Trinajstić information content (AvgIpc) is 2.62. The maximum Gasteiger partial charge on any atom is 0.187 e. The number of morpholine rings is 1. The number of para-hydroxylation sites is 1. The molecule has 0 spiro atoms. The van der Waals surface area contributed by atoms with Gasteiger partial charge >= 0.3 is 0 Å². The zero-order valence-electron chi connectivity index (χ0n) is 13.7. The number of hydrogen-bond acceptors (Lipinski definition) is 5. The van der Waals surface area contributed by atoms with Crippen molar-refractivity contribution in [2.45, 2.75) is 0 Å². The van der Waals surface area contributed by atoms with Crippen molar-refractivity contribution < 1.29 is 9.47 Å². The van der Waals surface area contributed by atoms with Crippen LogP contribution in [0.3, 0.4) is 0 Å². The fraction of sp³-hybridized carbons (Fsp3) is 0.412. The van der Waals surface area contributed by atoms with Gasteiger partial charge in [-0.25, -0.2) is 0 Å². The molecule has 1 aromatic carbocycles. The topological polar surface area (TPSA) is 58.1 Å². The zero-order valence-corrected chi connectivity index (χ0v) is 14.6. The van der Waals surface area contributed by atoms with Crippen LogP contribution in [0.1, 0.15) is 5.56 Å². The Kier molecular flexibility index (Phi) is 8.23. The van der Waals surface area contributed by atoms with Gasteiger partial charge in [-0.15, -0.1) is 0 Å². The van der Waals surface area contributed by atoms with Crippen molar-refractivity contribution in [1.29, 1.82) is 0 Å². The molecule has 130 valence electrons. The highest BCUT2D eigenvalue weighted by Gasteiger charge is 2.09. The Balaban J connectivity index is 1.70. The smallest absolute Gasteiger partial charge is 0.187 e. The minimum atomic E-state index is 0.458. The molecule has 2 rings (SSSR count). The summed E-state index contributed by atoms with van der Waals surface area (Å²) in [5.41, 5.74) is 3.70. The van der Waals surface area contributed by atoms with Crippen LogP contribution in [0.15, 0.2) is 42.0 Å². The number of hydrazone groups is 1. The molecule has 0 saturated carbocycles. The summed E-state index contributed by atoms with van der Waals surface area (Å²) in [6.45, 7) is 9.38. The van der Waals surface area contributed by atoms with Crippen molar-refractivity contribution in [1.82, 2.24) is 15.6 Å². The standard InChI is InChI=1S/C17H24N4O2S/c1-2-11-23-16-6-4-3-5-15(16)14-19-20-17(24)18-7-8-21-9-12-22-13-10-21/h2-6,14H,1,7-13H2,(H2,18,20,24)/b19-14-. The minimum absolute atomic E-state index is 0.458. The molecule has 0 radical (unpaired) electrons. The molecule has 7 heteroatoms. The highest BCUT2D eigenvalue weighted by Crippen LogP contribution is 2.15. The number of hydrogen-bond donors (Lipinski definition) is 2. The Hall–Kier alpha value is -1.96. The first-order valence-electron chi connectivity index (χ1n) is 7.99. The van der Waals surface area contributed by atoms with Crippen LogP contribution >= 0.6 is 12.2 Å². The third-order valence-corrected chi connectivity index (χ3v) is 3.70. The Morgan fingerprint density at radius 3 is 2.96 bits per heavy atom. The fourth-order valence-electron chi connectivity index (χ4n) is 2.22. The Morgan fingerprint density at radius 1 is 1.38 bits per heavy atom. The number of benzene rings is 1. The quantitative estimate of drug-likeness (QED) is 0.320. The van der Waals surface area contributed by atoms with Gasteiger partial charge in [-0.3, -0.25) is 10.3 Å². The predicted octanol–water partition coefficient (Wildman–Crippen LogP) is 1.38. The van der Waals surface area contributed by atoms with Crippen molar-refractivity contribution in [3.63, 3.8) is 0 Å². The van der Waals surface area contributed by atoms with E-state index in [4.69, 9.17) is 21.7 Å². The van der Waals surface area contributed by atoms with Crippen LogP contribution in [-0.4, -0.2) is 62.2 Å². The molecule has 1 heterocycles. The molecule has 0 bridgehead atoms. The largest absolute Gasteiger partial charge is 0.489 e. The first-order valence-corrected chi connectivity index (χ1v) is 8.40. The summed E-state index contributed by atoms with van der Waals surface area (Å²) in [5, 5.41) is 7.81. The summed E-state index contributed by atoms with van der Waals surface area (Å²) in [4.78, 5) is 2.34. The average molecular weight is 348 g/mol. The van der Waals surface area contributed by atoms with Crippen molar-refractivity contribution >= 4 is 23.5 Å². The molecule has 1 aromatic rings. The lowest BCUT2D eigenvalue weighted by Gasteiger charge is -2.26. The third kappa shape index (κ3) is 6.66. The molecule has 0 unspecified atom stereocenters. The molecule has 0 aliphatic carbocycles. The fourth-order valence-corrected chi connectivity index (χ4v) is 2.37. The Labute approximate surface area is 148 Å². The van der Waals surface area contributed by atoms with E-state index < -0.39 is 0 Å². The van der Waals surface area contributed by atoms with Crippen molar-refractivity contribution in [3.05, 3.63) is 42.5 Å². The lowest BCUT2D eigenvalue weighted by atomic mass is 10.2. The van der Waals surface area contributed by atoms with Gasteiger partial charge < -0.3 is 14.8 Å². The highest BCUT2D eigenvalue weighted by atomic mass is 32.1. The maximum atomic E-state index is 5.57. The number of thiocarbonyl (C=S) groups is 1. The molecule has 2 N–H and O–H groups in total. The number of rotatable bonds is 8. The van der Waals surface area contributed by atoms with Gasteiger partial charge in [0, 0.05) is 31.7 Å². The van der Waals surface area contributed by atoms with E-state index in [0.717, 1.165) is 50.7 Å². The van der Waals surface area contributed by atoms with E-state index in [-0.39, 0.29) is 0 Å². The van der Waals surface area contributed by atoms with E-state index >= 15 is 0 Å². The van der Waals surface area contributed by atoms with Gasteiger partial charge in [0.2, 0.25) is 0 Å². The van der Waals surface area contributed by atoms with Crippen molar-refractivity contribution in [2.75, 3.05) is 46.0 Å². The van der Waals surface area contributed by atoms with E-state index in [1.54, 1.807) is 12.3 Å². The van der Waals surface area contributed by atoms with Crippen LogP contribution in [0.5, 0.6) is 5.75 Å². The third-order valence-electron chi connectivity index (χ3n) is 3.46. The van der Waals surface area contributed by atoms with E-state index in [1.165, 1.54) is 0 Å². The van der Waals surface area contributed by atoms with Gasteiger partial charge in [0.1, 0.15) is 12.4 Å². The van der Waals surface area contributed by atoms with E-state index in [2.05, 4.69) is 27.3 Å². The van der Waals surface area contributed by atoms with Gasteiger partial charge in [-0.1, -0.05) is 24.8 Å². The van der Waals surface area contributed by atoms with Crippen LogP contribution in [-0.2, 0) is 4.74 Å². The first kappa shape index (κ1) is 18.4. The number of ether oxygens (including phenoxy) is 2. The number of nitrogens with one attached hydrogen (secondary N) is 2. The second-order valence-corrected chi connectivity index (χ2v) is 5.63. The summed E-state index contributed by atoms with van der Waals surface area (Å²) < 4.78 is 10.9. The summed E-state index contributed by atoms with van der Waals surface area (Å²) in [7, 11) is 0. The predicted molar refractivity (Wildman–Crippen MR) is 101 cm³/mol. The summed E-state index contributed by atoms with van der Waals surface area (Å²) in [5.74, 6) is 0.758. The molecule has 24 heavy (non-hydrogen) atoms. The molecule has 0 aromatic heterocycles.